The van der Waals surface area contributed by atoms with Crippen LogP contribution >= 0.6 is 12.2 Å². The number of aryl methyl sites for hydroxylation is 1. The van der Waals surface area contributed by atoms with E-state index in [0.717, 1.165) is 12.0 Å². The SMILES string of the molecule is CCc1ccc(OCC(=O)NC(=S)NNC(=O)c2ccccc2[N+](=O)[O-])cc1. The molecule has 9 nitrogen and oxygen atoms in total. The molecule has 0 unspecified atom stereocenters. The lowest BCUT2D eigenvalue weighted by molar-refractivity contribution is -0.385. The van der Waals surface area contributed by atoms with Gasteiger partial charge in [-0.2, -0.15) is 0 Å². The maximum atomic E-state index is 12.0. The maximum absolute atomic E-state index is 12.0. The molecule has 0 heterocycles. The average molecular weight is 402 g/mol. The molecule has 0 aromatic heterocycles. The molecule has 0 fully saturated rings. The summed E-state index contributed by atoms with van der Waals surface area (Å²) in [5.41, 5.74) is 5.16. The lowest BCUT2D eigenvalue weighted by atomic mass is 10.2. The molecule has 0 saturated carbocycles. The van der Waals surface area contributed by atoms with E-state index in [1.54, 1.807) is 12.1 Å². The minimum Gasteiger partial charge on any atom is -0.484 e. The molecule has 2 aromatic carbocycles. The Morgan fingerprint density at radius 1 is 1.11 bits per heavy atom. The zero-order chi connectivity index (χ0) is 20.5. The number of nitro groups is 1. The lowest BCUT2D eigenvalue weighted by Gasteiger charge is -2.11. The van der Waals surface area contributed by atoms with Crippen LogP contribution in [0.1, 0.15) is 22.8 Å². The Hall–Kier alpha value is -3.53. The van der Waals surface area contributed by atoms with Crippen LogP contribution in [-0.2, 0) is 11.2 Å². The number of thiocarbonyl (C=S) groups is 1. The molecule has 146 valence electrons. The highest BCUT2D eigenvalue weighted by Gasteiger charge is 2.19. The van der Waals surface area contributed by atoms with E-state index in [1.807, 2.05) is 19.1 Å². The van der Waals surface area contributed by atoms with Crippen LogP contribution in [0.2, 0.25) is 0 Å². The molecule has 0 saturated heterocycles. The van der Waals surface area contributed by atoms with Crippen molar-refractivity contribution in [3.8, 4) is 5.75 Å². The minimum atomic E-state index is -0.767. The predicted octanol–water partition coefficient (Wildman–Crippen LogP) is 1.87. The van der Waals surface area contributed by atoms with Crippen LogP contribution in [0.5, 0.6) is 5.75 Å². The van der Waals surface area contributed by atoms with Gasteiger partial charge in [0, 0.05) is 6.07 Å². The number of carbonyl (C=O) groups is 2. The molecular formula is C18H18N4O5S. The topological polar surface area (TPSA) is 123 Å². The Morgan fingerprint density at radius 2 is 1.79 bits per heavy atom. The molecule has 0 spiro atoms. The summed E-state index contributed by atoms with van der Waals surface area (Å²) in [7, 11) is 0. The Morgan fingerprint density at radius 3 is 2.43 bits per heavy atom. The second kappa shape index (κ2) is 9.97. The monoisotopic (exact) mass is 402 g/mol. The first kappa shape index (κ1) is 20.8. The van der Waals surface area contributed by atoms with Crippen molar-refractivity contribution in [2.45, 2.75) is 13.3 Å². The molecule has 2 aromatic rings. The molecule has 0 atom stereocenters. The summed E-state index contributed by atoms with van der Waals surface area (Å²) >= 11 is 4.90. The molecule has 0 aliphatic heterocycles. The van der Waals surface area contributed by atoms with E-state index < -0.39 is 16.7 Å². The molecule has 10 heteroatoms. The number of nitrogens with zero attached hydrogens (tertiary/aromatic N) is 1. The van der Waals surface area contributed by atoms with Crippen LogP contribution < -0.4 is 20.9 Å². The standard InChI is InChI=1S/C18H18N4O5S/c1-2-12-7-9-13(10-8-12)27-11-16(23)19-18(28)21-20-17(24)14-5-3-4-6-15(14)22(25)26/h3-10H,2,11H2,1H3,(H,20,24)(H2,19,21,23,28). The lowest BCUT2D eigenvalue weighted by Crippen LogP contribution is -2.49. The Bertz CT molecular complexity index is 886. The number of para-hydroxylation sites is 1. The van der Waals surface area contributed by atoms with E-state index in [0.29, 0.717) is 5.75 Å². The van der Waals surface area contributed by atoms with Crippen LogP contribution in [0.3, 0.4) is 0 Å². The van der Waals surface area contributed by atoms with E-state index in [-0.39, 0.29) is 23.0 Å². The number of hydrogen-bond donors (Lipinski definition) is 3. The summed E-state index contributed by atoms with van der Waals surface area (Å²) in [6.07, 6.45) is 0.901. The molecule has 2 rings (SSSR count). The summed E-state index contributed by atoms with van der Waals surface area (Å²) in [5.74, 6) is -0.760. The first-order chi connectivity index (χ1) is 13.4. The van der Waals surface area contributed by atoms with Gasteiger partial charge in [0.2, 0.25) is 0 Å². The van der Waals surface area contributed by atoms with Gasteiger partial charge in [-0.3, -0.25) is 35.9 Å². The zero-order valence-corrected chi connectivity index (χ0v) is 15.7. The van der Waals surface area contributed by atoms with Gasteiger partial charge in [0.15, 0.2) is 11.7 Å². The quantitative estimate of drug-likeness (QED) is 0.383. The van der Waals surface area contributed by atoms with Crippen LogP contribution in [0, 0.1) is 10.1 Å². The number of hydrazine groups is 1. The van der Waals surface area contributed by atoms with Crippen molar-refractivity contribution in [3.05, 3.63) is 69.8 Å². The predicted molar refractivity (Wildman–Crippen MR) is 106 cm³/mol. The second-order valence-corrected chi connectivity index (χ2v) is 5.93. The second-order valence-electron chi connectivity index (χ2n) is 5.52. The van der Waals surface area contributed by atoms with Crippen molar-refractivity contribution >= 4 is 34.8 Å². The molecule has 2 amide bonds. The van der Waals surface area contributed by atoms with Crippen molar-refractivity contribution in [1.29, 1.82) is 0 Å². The van der Waals surface area contributed by atoms with Gasteiger partial charge < -0.3 is 4.74 Å². The van der Waals surface area contributed by atoms with Crippen molar-refractivity contribution in [2.75, 3.05) is 6.61 Å². The Kier molecular flexibility index (Phi) is 7.40. The van der Waals surface area contributed by atoms with Gasteiger partial charge in [0.1, 0.15) is 11.3 Å². The smallest absolute Gasteiger partial charge is 0.282 e. The summed E-state index contributed by atoms with van der Waals surface area (Å²) in [6, 6.07) is 12.8. The van der Waals surface area contributed by atoms with Gasteiger partial charge in [-0.15, -0.1) is 0 Å². The van der Waals surface area contributed by atoms with Gasteiger partial charge in [-0.1, -0.05) is 31.2 Å². The van der Waals surface area contributed by atoms with Crippen LogP contribution in [0.4, 0.5) is 5.69 Å². The van der Waals surface area contributed by atoms with Gasteiger partial charge in [-0.05, 0) is 42.4 Å². The number of rotatable bonds is 6. The summed E-state index contributed by atoms with van der Waals surface area (Å²) in [4.78, 5) is 34.2. The van der Waals surface area contributed by atoms with Crippen molar-refractivity contribution in [1.82, 2.24) is 16.2 Å². The maximum Gasteiger partial charge on any atom is 0.282 e. The highest BCUT2D eigenvalue weighted by molar-refractivity contribution is 7.80. The fourth-order valence-electron chi connectivity index (χ4n) is 2.17. The minimum absolute atomic E-state index is 0.145. The van der Waals surface area contributed by atoms with Crippen molar-refractivity contribution in [3.63, 3.8) is 0 Å². The number of nitrogens with one attached hydrogen (secondary N) is 3. The highest BCUT2D eigenvalue weighted by Crippen LogP contribution is 2.17. The number of benzene rings is 2. The molecule has 0 aliphatic rings. The number of hydrogen-bond acceptors (Lipinski definition) is 6. The fourth-order valence-corrected chi connectivity index (χ4v) is 2.33. The van der Waals surface area contributed by atoms with E-state index in [4.69, 9.17) is 17.0 Å². The highest BCUT2D eigenvalue weighted by atomic mass is 32.1. The molecule has 0 aliphatic carbocycles. The first-order valence-corrected chi connectivity index (χ1v) is 8.67. The van der Waals surface area contributed by atoms with Crippen LogP contribution in [0.15, 0.2) is 48.5 Å². The van der Waals surface area contributed by atoms with E-state index in [2.05, 4.69) is 16.2 Å². The third kappa shape index (κ3) is 6.02. The molecular weight excluding hydrogens is 384 g/mol. The number of carbonyl (C=O) groups excluding carboxylic acids is 2. The van der Waals surface area contributed by atoms with Gasteiger partial charge >= 0.3 is 0 Å². The van der Waals surface area contributed by atoms with E-state index in [9.17, 15) is 19.7 Å². The van der Waals surface area contributed by atoms with Gasteiger partial charge in [-0.25, -0.2) is 0 Å². The molecule has 3 N–H and O–H groups in total. The first-order valence-electron chi connectivity index (χ1n) is 8.26. The van der Waals surface area contributed by atoms with E-state index in [1.165, 1.54) is 24.3 Å². The van der Waals surface area contributed by atoms with E-state index >= 15 is 0 Å². The van der Waals surface area contributed by atoms with Crippen molar-refractivity contribution < 1.29 is 19.2 Å². The van der Waals surface area contributed by atoms with Crippen molar-refractivity contribution in [2.24, 2.45) is 0 Å². The number of ether oxygens (including phenoxy) is 1. The third-order valence-electron chi connectivity index (χ3n) is 3.59. The number of amides is 2. The Balaban J connectivity index is 1.79. The summed E-state index contributed by atoms with van der Waals surface area (Å²) in [6.45, 7) is 1.76. The molecule has 0 radical (unpaired) electrons. The zero-order valence-electron chi connectivity index (χ0n) is 14.9. The normalized spacial score (nSPS) is 9.89. The van der Waals surface area contributed by atoms with Gasteiger partial charge in [0.25, 0.3) is 17.5 Å². The summed E-state index contributed by atoms with van der Waals surface area (Å²) < 4.78 is 5.34. The Labute approximate surface area is 166 Å². The largest absolute Gasteiger partial charge is 0.484 e. The fraction of sp³-hybridized carbons (Fsp3) is 0.167. The summed E-state index contributed by atoms with van der Waals surface area (Å²) in [5, 5.41) is 13.1. The average Bonchev–Trinajstić information content (AvgIpc) is 2.70. The van der Waals surface area contributed by atoms with Gasteiger partial charge in [0.05, 0.1) is 4.92 Å². The molecule has 28 heavy (non-hydrogen) atoms. The van der Waals surface area contributed by atoms with Crippen LogP contribution in [-0.4, -0.2) is 28.5 Å². The third-order valence-corrected chi connectivity index (χ3v) is 3.79. The molecule has 0 bridgehead atoms. The van der Waals surface area contributed by atoms with Crippen LogP contribution in [0.25, 0.3) is 0 Å². The number of nitro benzene ring substituents is 1.